The second kappa shape index (κ2) is 11.2. The largest absolute Gasteiger partial charge is 0.497 e. The molecular weight excluding hydrogens is 496 g/mol. The van der Waals surface area contributed by atoms with Gasteiger partial charge in [-0.2, -0.15) is 4.31 Å². The monoisotopic (exact) mass is 530 g/mol. The number of thiazole rings is 1. The highest BCUT2D eigenvalue weighted by Gasteiger charge is 2.28. The van der Waals surface area contributed by atoms with E-state index in [1.165, 1.54) is 11.3 Å². The van der Waals surface area contributed by atoms with E-state index >= 15 is 0 Å². The minimum atomic E-state index is -3.57. The normalized spacial score (nSPS) is 15.5. The molecule has 3 aromatic rings. The molecule has 0 N–H and O–H groups in total. The summed E-state index contributed by atoms with van der Waals surface area (Å²) in [4.78, 5) is 22.3. The molecule has 1 amide bonds. The summed E-state index contributed by atoms with van der Waals surface area (Å²) in [6.45, 7) is 4.54. The zero-order chi connectivity index (χ0) is 25.9. The number of rotatable bonds is 9. The number of sulfonamides is 1. The molecule has 0 saturated carbocycles. The highest BCUT2D eigenvalue weighted by Crippen LogP contribution is 2.32. The molecular formula is C26H34N4O4S2. The number of benzene rings is 2. The van der Waals surface area contributed by atoms with Crippen molar-refractivity contribution in [3.05, 3.63) is 48.0 Å². The van der Waals surface area contributed by atoms with Gasteiger partial charge < -0.3 is 9.64 Å². The summed E-state index contributed by atoms with van der Waals surface area (Å²) in [7, 11) is 2.04. The molecule has 36 heavy (non-hydrogen) atoms. The highest BCUT2D eigenvalue weighted by molar-refractivity contribution is 7.89. The van der Waals surface area contributed by atoms with E-state index in [9.17, 15) is 13.2 Å². The first kappa shape index (κ1) is 26.5. The predicted octanol–water partition coefficient (Wildman–Crippen LogP) is 4.32. The van der Waals surface area contributed by atoms with Crippen molar-refractivity contribution >= 4 is 42.6 Å². The maximum atomic E-state index is 13.6. The van der Waals surface area contributed by atoms with Crippen LogP contribution in [0.3, 0.4) is 0 Å². The van der Waals surface area contributed by atoms with Crippen LogP contribution in [-0.2, 0) is 10.0 Å². The summed E-state index contributed by atoms with van der Waals surface area (Å²) < 4.78 is 34.0. The molecule has 0 aliphatic carbocycles. The minimum absolute atomic E-state index is 0.199. The van der Waals surface area contributed by atoms with Crippen LogP contribution in [0.4, 0.5) is 5.13 Å². The Bertz CT molecular complexity index is 1300. The number of carbonyl (C=O) groups excluding carboxylic acids is 1. The van der Waals surface area contributed by atoms with Gasteiger partial charge in [-0.3, -0.25) is 9.69 Å². The van der Waals surface area contributed by atoms with E-state index in [0.29, 0.717) is 42.0 Å². The molecule has 2 aromatic carbocycles. The molecule has 1 aromatic heterocycles. The maximum absolute atomic E-state index is 13.6. The average molecular weight is 531 g/mol. The number of hydrogen-bond donors (Lipinski definition) is 0. The molecule has 8 nitrogen and oxygen atoms in total. The molecule has 0 bridgehead atoms. The third kappa shape index (κ3) is 5.88. The van der Waals surface area contributed by atoms with Crippen LogP contribution in [0.1, 0.15) is 36.5 Å². The topological polar surface area (TPSA) is 83.0 Å². The lowest BCUT2D eigenvalue weighted by Gasteiger charge is -2.29. The van der Waals surface area contributed by atoms with Gasteiger partial charge in [0.2, 0.25) is 10.0 Å². The Morgan fingerprint density at radius 2 is 1.81 bits per heavy atom. The molecule has 0 spiro atoms. The van der Waals surface area contributed by atoms with Gasteiger partial charge in [0.1, 0.15) is 5.75 Å². The zero-order valence-electron chi connectivity index (χ0n) is 21.3. The summed E-state index contributed by atoms with van der Waals surface area (Å²) in [6.07, 6.45) is 2.51. The van der Waals surface area contributed by atoms with Crippen molar-refractivity contribution in [1.82, 2.24) is 14.2 Å². The van der Waals surface area contributed by atoms with Gasteiger partial charge in [-0.15, -0.1) is 0 Å². The highest BCUT2D eigenvalue weighted by atomic mass is 32.2. The third-order valence-electron chi connectivity index (χ3n) is 6.53. The van der Waals surface area contributed by atoms with Gasteiger partial charge in [-0.05, 0) is 82.2 Å². The first-order valence-electron chi connectivity index (χ1n) is 12.2. The Hall–Kier alpha value is -2.53. The second-order valence-corrected chi connectivity index (χ2v) is 12.5. The molecule has 0 radical (unpaired) electrons. The second-order valence-electron chi connectivity index (χ2n) is 9.55. The van der Waals surface area contributed by atoms with Crippen LogP contribution in [0.2, 0.25) is 0 Å². The van der Waals surface area contributed by atoms with E-state index in [1.807, 2.05) is 32.3 Å². The molecule has 1 saturated heterocycles. The van der Waals surface area contributed by atoms with Gasteiger partial charge in [0.15, 0.2) is 5.13 Å². The molecule has 0 atom stereocenters. The standard InChI is InChI=1S/C26H34N4O4S2/c1-19-12-16-29(17-13-19)36(32,33)22-9-6-20(7-10-22)25(31)30(15-5-14-28(2)3)26-27-23-18-21(34-4)8-11-24(23)35-26/h6-11,18-19H,5,12-17H2,1-4H3. The Morgan fingerprint density at radius 1 is 1.11 bits per heavy atom. The molecule has 194 valence electrons. The van der Waals surface area contributed by atoms with E-state index in [0.717, 1.165) is 36.0 Å². The Labute approximate surface area is 217 Å². The number of methoxy groups -OCH3 is 1. The van der Waals surface area contributed by atoms with E-state index in [2.05, 4.69) is 11.8 Å². The Kier molecular flexibility index (Phi) is 8.29. The number of fused-ring (bicyclic) bond motifs is 1. The minimum Gasteiger partial charge on any atom is -0.497 e. The number of nitrogens with zero attached hydrogens (tertiary/aromatic N) is 4. The molecule has 0 unspecified atom stereocenters. The SMILES string of the molecule is COc1ccc2sc(N(CCCN(C)C)C(=O)c3ccc(S(=O)(=O)N4CCC(C)CC4)cc3)nc2c1. The van der Waals surface area contributed by atoms with Crippen LogP contribution in [0.5, 0.6) is 5.75 Å². The molecule has 10 heteroatoms. The quantitative estimate of drug-likeness (QED) is 0.410. The number of anilines is 1. The molecule has 1 fully saturated rings. The number of piperidine rings is 1. The van der Waals surface area contributed by atoms with E-state index in [1.54, 1.807) is 40.6 Å². The first-order chi connectivity index (χ1) is 17.2. The Morgan fingerprint density at radius 3 is 2.44 bits per heavy atom. The number of carbonyl (C=O) groups is 1. The fraction of sp³-hybridized carbons (Fsp3) is 0.462. The molecule has 1 aliphatic heterocycles. The summed E-state index contributed by atoms with van der Waals surface area (Å²) in [5.74, 6) is 1.05. The van der Waals surface area contributed by atoms with Crippen LogP contribution in [0.25, 0.3) is 10.2 Å². The van der Waals surface area contributed by atoms with Crippen LogP contribution < -0.4 is 9.64 Å². The third-order valence-corrected chi connectivity index (χ3v) is 9.50. The fourth-order valence-electron chi connectivity index (χ4n) is 4.27. The summed E-state index contributed by atoms with van der Waals surface area (Å²) in [6, 6.07) is 12.0. The summed E-state index contributed by atoms with van der Waals surface area (Å²) >= 11 is 1.45. The van der Waals surface area contributed by atoms with E-state index in [4.69, 9.17) is 9.72 Å². The van der Waals surface area contributed by atoms with E-state index in [-0.39, 0.29) is 10.8 Å². The lowest BCUT2D eigenvalue weighted by atomic mass is 10.0. The number of hydrogen-bond acceptors (Lipinski definition) is 7. The van der Waals surface area contributed by atoms with Gasteiger partial charge in [0.05, 0.1) is 22.2 Å². The van der Waals surface area contributed by atoms with Gasteiger partial charge in [-0.1, -0.05) is 18.3 Å². The smallest absolute Gasteiger partial charge is 0.260 e. The van der Waals surface area contributed by atoms with Crippen molar-refractivity contribution < 1.29 is 17.9 Å². The van der Waals surface area contributed by atoms with Crippen molar-refractivity contribution in [1.29, 1.82) is 0 Å². The van der Waals surface area contributed by atoms with Crippen LogP contribution >= 0.6 is 11.3 Å². The van der Waals surface area contributed by atoms with Crippen LogP contribution in [-0.4, -0.2) is 75.9 Å². The maximum Gasteiger partial charge on any atom is 0.260 e. The van der Waals surface area contributed by atoms with Crippen molar-refractivity contribution in [3.8, 4) is 5.75 Å². The van der Waals surface area contributed by atoms with Crippen molar-refractivity contribution in [2.45, 2.75) is 31.1 Å². The van der Waals surface area contributed by atoms with Crippen LogP contribution in [0.15, 0.2) is 47.4 Å². The van der Waals surface area contributed by atoms with Crippen molar-refractivity contribution in [3.63, 3.8) is 0 Å². The molecule has 2 heterocycles. The lowest BCUT2D eigenvalue weighted by molar-refractivity contribution is 0.0986. The number of ether oxygens (including phenoxy) is 1. The van der Waals surface area contributed by atoms with Gasteiger partial charge in [-0.25, -0.2) is 13.4 Å². The Balaban J connectivity index is 1.59. The summed E-state index contributed by atoms with van der Waals surface area (Å²) in [5, 5.41) is 0.612. The van der Waals surface area contributed by atoms with Gasteiger partial charge in [0, 0.05) is 31.3 Å². The van der Waals surface area contributed by atoms with Crippen molar-refractivity contribution in [2.24, 2.45) is 5.92 Å². The molecule has 1 aliphatic rings. The fourth-order valence-corrected chi connectivity index (χ4v) is 6.71. The first-order valence-corrected chi connectivity index (χ1v) is 14.5. The molecule has 4 rings (SSSR count). The van der Waals surface area contributed by atoms with Gasteiger partial charge in [0.25, 0.3) is 5.91 Å². The summed E-state index contributed by atoms with van der Waals surface area (Å²) in [5.41, 5.74) is 1.21. The van der Waals surface area contributed by atoms with Gasteiger partial charge >= 0.3 is 0 Å². The average Bonchev–Trinajstić information content (AvgIpc) is 3.29. The van der Waals surface area contributed by atoms with E-state index < -0.39 is 10.0 Å². The lowest BCUT2D eigenvalue weighted by Crippen LogP contribution is -2.38. The zero-order valence-corrected chi connectivity index (χ0v) is 22.9. The van der Waals surface area contributed by atoms with Crippen molar-refractivity contribution in [2.75, 3.05) is 52.3 Å². The number of aromatic nitrogens is 1. The van der Waals surface area contributed by atoms with Crippen LogP contribution in [0, 0.1) is 5.92 Å². The predicted molar refractivity (Wildman–Crippen MR) is 145 cm³/mol. The number of amides is 1.